The maximum absolute atomic E-state index is 12.0. The van der Waals surface area contributed by atoms with Crippen LogP contribution in [0.1, 0.15) is 26.2 Å². The van der Waals surface area contributed by atoms with Crippen LogP contribution in [0, 0.1) is 5.92 Å². The zero-order valence-corrected chi connectivity index (χ0v) is 7.44. The van der Waals surface area contributed by atoms with Crippen LogP contribution in [-0.2, 0) is 4.57 Å². The first-order valence-electron chi connectivity index (χ1n) is 4.28. The molecule has 2 aliphatic rings. The highest BCUT2D eigenvalue weighted by molar-refractivity contribution is 7.65. The third-order valence-electron chi connectivity index (χ3n) is 3.19. The second kappa shape index (κ2) is 2.11. The highest BCUT2D eigenvalue weighted by atomic mass is 31.2. The summed E-state index contributed by atoms with van der Waals surface area (Å²) in [5, 5.41) is 0. The summed E-state index contributed by atoms with van der Waals surface area (Å²) in [6.45, 7) is 2.19. The molecule has 0 saturated carbocycles. The SMILES string of the molecule is C[C@@H]1C[C@H]2CCCP1(=O)C2. The van der Waals surface area contributed by atoms with Crippen LogP contribution in [0.25, 0.3) is 0 Å². The monoisotopic (exact) mass is 158 g/mol. The van der Waals surface area contributed by atoms with Crippen molar-refractivity contribution in [2.75, 3.05) is 12.3 Å². The van der Waals surface area contributed by atoms with Gasteiger partial charge in [-0.25, -0.2) is 0 Å². The van der Waals surface area contributed by atoms with Crippen LogP contribution < -0.4 is 0 Å². The summed E-state index contributed by atoms with van der Waals surface area (Å²) in [5.74, 6) is 0.842. The van der Waals surface area contributed by atoms with Crippen LogP contribution in [0.3, 0.4) is 0 Å². The molecule has 2 heterocycles. The minimum Gasteiger partial charge on any atom is -0.323 e. The first kappa shape index (κ1) is 6.91. The second-order valence-electron chi connectivity index (χ2n) is 3.95. The van der Waals surface area contributed by atoms with Gasteiger partial charge in [-0.05, 0) is 25.2 Å². The summed E-state index contributed by atoms with van der Waals surface area (Å²) >= 11 is 0. The smallest absolute Gasteiger partial charge is 0.0906 e. The van der Waals surface area contributed by atoms with E-state index in [4.69, 9.17) is 0 Å². The Kier molecular flexibility index (Phi) is 1.46. The summed E-state index contributed by atoms with van der Waals surface area (Å²) < 4.78 is 12.0. The lowest BCUT2D eigenvalue weighted by Gasteiger charge is -2.20. The third kappa shape index (κ3) is 0.871. The Bertz CT molecular complexity index is 188. The fourth-order valence-corrected chi connectivity index (χ4v) is 6.12. The lowest BCUT2D eigenvalue weighted by atomic mass is 10.0. The lowest BCUT2D eigenvalue weighted by molar-refractivity contribution is 0.508. The highest BCUT2D eigenvalue weighted by Gasteiger charge is 2.42. The molecule has 0 radical (unpaired) electrons. The maximum Gasteiger partial charge on any atom is 0.0906 e. The summed E-state index contributed by atoms with van der Waals surface area (Å²) in [7, 11) is -1.61. The minimum absolute atomic E-state index is 0.569. The molecule has 0 amide bonds. The van der Waals surface area contributed by atoms with Crippen molar-refractivity contribution in [3.8, 4) is 0 Å². The van der Waals surface area contributed by atoms with Crippen LogP contribution in [0.4, 0.5) is 0 Å². The summed E-state index contributed by atoms with van der Waals surface area (Å²) in [6.07, 6.45) is 6.01. The van der Waals surface area contributed by atoms with Crippen molar-refractivity contribution in [2.45, 2.75) is 31.8 Å². The van der Waals surface area contributed by atoms with Crippen LogP contribution in [0.2, 0.25) is 0 Å². The number of hydrogen-bond donors (Lipinski definition) is 0. The quantitative estimate of drug-likeness (QED) is 0.495. The van der Waals surface area contributed by atoms with E-state index in [0.717, 1.165) is 18.2 Å². The van der Waals surface area contributed by atoms with E-state index in [1.54, 1.807) is 0 Å². The van der Waals surface area contributed by atoms with Gasteiger partial charge in [0.1, 0.15) is 0 Å². The first-order chi connectivity index (χ1) is 4.71. The fraction of sp³-hybridized carbons (Fsp3) is 1.00. The Morgan fingerprint density at radius 2 is 2.30 bits per heavy atom. The molecule has 2 saturated heterocycles. The zero-order chi connectivity index (χ0) is 7.19. The third-order valence-corrected chi connectivity index (χ3v) is 7.22. The number of hydrogen-bond acceptors (Lipinski definition) is 1. The van der Waals surface area contributed by atoms with Gasteiger partial charge in [-0.3, -0.25) is 0 Å². The average molecular weight is 158 g/mol. The van der Waals surface area contributed by atoms with Crippen LogP contribution >= 0.6 is 7.14 Å². The summed E-state index contributed by atoms with van der Waals surface area (Å²) in [4.78, 5) is 0. The van der Waals surface area contributed by atoms with Crippen molar-refractivity contribution in [1.82, 2.24) is 0 Å². The Hall–Kier alpha value is 0.230. The van der Waals surface area contributed by atoms with Crippen molar-refractivity contribution in [1.29, 1.82) is 0 Å². The summed E-state index contributed by atoms with van der Waals surface area (Å²) in [5.41, 5.74) is 0.569. The van der Waals surface area contributed by atoms with E-state index in [1.807, 2.05) is 0 Å². The van der Waals surface area contributed by atoms with Crippen molar-refractivity contribution in [3.63, 3.8) is 0 Å². The van der Waals surface area contributed by atoms with Crippen molar-refractivity contribution >= 4 is 7.14 Å². The van der Waals surface area contributed by atoms with E-state index in [9.17, 15) is 4.57 Å². The molecule has 0 aromatic heterocycles. The number of fused-ring (bicyclic) bond motifs is 2. The molecule has 2 heteroatoms. The molecule has 58 valence electrons. The van der Waals surface area contributed by atoms with Gasteiger partial charge < -0.3 is 4.57 Å². The molecule has 1 nitrogen and oxygen atoms in total. The van der Waals surface area contributed by atoms with E-state index in [2.05, 4.69) is 6.92 Å². The van der Waals surface area contributed by atoms with Crippen LogP contribution in [-0.4, -0.2) is 18.0 Å². The van der Waals surface area contributed by atoms with Gasteiger partial charge in [0.25, 0.3) is 0 Å². The van der Waals surface area contributed by atoms with Gasteiger partial charge in [0.05, 0.1) is 7.14 Å². The fourth-order valence-electron chi connectivity index (χ4n) is 2.53. The first-order valence-corrected chi connectivity index (χ1v) is 6.43. The van der Waals surface area contributed by atoms with Gasteiger partial charge in [-0.2, -0.15) is 0 Å². The predicted octanol–water partition coefficient (Wildman–Crippen LogP) is 2.55. The topological polar surface area (TPSA) is 17.1 Å². The summed E-state index contributed by atoms with van der Waals surface area (Å²) in [6, 6.07) is 0. The molecular weight excluding hydrogens is 143 g/mol. The predicted molar refractivity (Wildman–Crippen MR) is 44.1 cm³/mol. The molecule has 1 unspecified atom stereocenters. The van der Waals surface area contributed by atoms with Gasteiger partial charge in [0.15, 0.2) is 0 Å². The van der Waals surface area contributed by atoms with E-state index < -0.39 is 7.14 Å². The molecule has 0 aromatic carbocycles. The van der Waals surface area contributed by atoms with Crippen LogP contribution in [0.15, 0.2) is 0 Å². The zero-order valence-electron chi connectivity index (χ0n) is 6.55. The van der Waals surface area contributed by atoms with Gasteiger partial charge in [-0.15, -0.1) is 0 Å². The van der Waals surface area contributed by atoms with E-state index in [-0.39, 0.29) is 0 Å². The molecule has 0 aliphatic carbocycles. The molecule has 0 aromatic rings. The van der Waals surface area contributed by atoms with E-state index >= 15 is 0 Å². The molecule has 2 bridgehead atoms. The maximum atomic E-state index is 12.0. The van der Waals surface area contributed by atoms with E-state index in [0.29, 0.717) is 5.66 Å². The van der Waals surface area contributed by atoms with Crippen molar-refractivity contribution < 1.29 is 4.57 Å². The van der Waals surface area contributed by atoms with Gasteiger partial charge in [0, 0.05) is 18.0 Å². The lowest BCUT2D eigenvalue weighted by Crippen LogP contribution is -2.06. The minimum atomic E-state index is -1.61. The Labute approximate surface area is 62.6 Å². The van der Waals surface area contributed by atoms with Crippen molar-refractivity contribution in [2.24, 2.45) is 5.92 Å². The molecule has 3 atom stereocenters. The Morgan fingerprint density at radius 1 is 1.50 bits per heavy atom. The Balaban J connectivity index is 2.26. The number of rotatable bonds is 0. The van der Waals surface area contributed by atoms with Crippen LogP contribution in [0.5, 0.6) is 0 Å². The van der Waals surface area contributed by atoms with Gasteiger partial charge >= 0.3 is 0 Å². The van der Waals surface area contributed by atoms with Gasteiger partial charge in [0.2, 0.25) is 0 Å². The molecular formula is C8H15OP. The standard InChI is InChI=1S/C8H15OP/c1-7-5-8-3-2-4-10(7,9)6-8/h7-8H,2-6H2,1H3/t7-,8-,10?/m1/s1. The molecule has 0 N–H and O–H groups in total. The van der Waals surface area contributed by atoms with E-state index in [1.165, 1.54) is 19.3 Å². The van der Waals surface area contributed by atoms with Gasteiger partial charge in [-0.1, -0.05) is 6.92 Å². The molecule has 2 rings (SSSR count). The second-order valence-corrected chi connectivity index (χ2v) is 7.55. The molecule has 0 spiro atoms. The highest BCUT2D eigenvalue weighted by Crippen LogP contribution is 2.63. The average Bonchev–Trinajstić information content (AvgIpc) is 2.04. The molecule has 2 aliphatic heterocycles. The molecule has 2 fully saturated rings. The largest absolute Gasteiger partial charge is 0.323 e. The normalized spacial score (nSPS) is 53.3. The Morgan fingerprint density at radius 3 is 2.90 bits per heavy atom. The van der Waals surface area contributed by atoms with Crippen molar-refractivity contribution in [3.05, 3.63) is 0 Å². The molecule has 10 heavy (non-hydrogen) atoms.